The summed E-state index contributed by atoms with van der Waals surface area (Å²) >= 11 is 1.36. The highest BCUT2D eigenvalue weighted by Gasteiger charge is 2.39. The van der Waals surface area contributed by atoms with E-state index in [1.165, 1.54) is 11.3 Å². The van der Waals surface area contributed by atoms with Crippen LogP contribution in [-0.2, 0) is 14.3 Å². The molecule has 0 aliphatic carbocycles. The maximum atomic E-state index is 13.4. The molecule has 0 unspecified atom stereocenters. The summed E-state index contributed by atoms with van der Waals surface area (Å²) in [6.45, 7) is 2.65. The van der Waals surface area contributed by atoms with E-state index in [9.17, 15) is 14.4 Å². The number of hydrogen-bond acceptors (Lipinski definition) is 7. The van der Waals surface area contributed by atoms with Gasteiger partial charge >= 0.3 is 0 Å². The molecule has 186 valence electrons. The van der Waals surface area contributed by atoms with Crippen molar-refractivity contribution in [2.45, 2.75) is 37.5 Å². The van der Waals surface area contributed by atoms with Crippen LogP contribution < -0.4 is 10.1 Å². The van der Waals surface area contributed by atoms with Crippen LogP contribution in [0.3, 0.4) is 0 Å². The number of nitrogens with zero attached hydrogens (tertiary/aromatic N) is 2. The van der Waals surface area contributed by atoms with E-state index in [4.69, 9.17) is 14.2 Å². The fourth-order valence-electron chi connectivity index (χ4n) is 4.84. The van der Waals surface area contributed by atoms with Crippen molar-refractivity contribution < 1.29 is 28.6 Å². The third-order valence-electron chi connectivity index (χ3n) is 6.78. The average molecular weight is 500 g/mol. The summed E-state index contributed by atoms with van der Waals surface area (Å²) < 4.78 is 17.6. The number of anilines is 1. The van der Waals surface area contributed by atoms with E-state index in [0.717, 1.165) is 6.42 Å². The van der Waals surface area contributed by atoms with Gasteiger partial charge in [-0.15, -0.1) is 11.3 Å². The Morgan fingerprint density at radius 2 is 2.00 bits per heavy atom. The molecule has 1 aromatic carbocycles. The van der Waals surface area contributed by atoms with Crippen LogP contribution in [0, 0.1) is 0 Å². The standard InChI is InChI=1S/C25H29N3O6S/c1-27-19-6-5-17(14-23(29)28-8-10-32-11-9-28)34-21(19)15-33-20-7-4-16(13-18(20)25(27)31)26-24(30)22-3-2-12-35-22/h2-4,7,12-13,17,19,21H,5-6,8-11,14-15H2,1H3,(H,26,30)/t17-,19+,21+/m0/s1. The predicted octanol–water partition coefficient (Wildman–Crippen LogP) is 2.63. The maximum Gasteiger partial charge on any atom is 0.265 e. The predicted molar refractivity (Wildman–Crippen MR) is 130 cm³/mol. The van der Waals surface area contributed by atoms with E-state index in [1.807, 2.05) is 16.3 Å². The number of carbonyl (C=O) groups excluding carboxylic acids is 3. The Labute approximate surface area is 207 Å². The number of thiophene rings is 1. The first-order valence-corrected chi connectivity index (χ1v) is 12.8. The molecule has 2 saturated heterocycles. The van der Waals surface area contributed by atoms with E-state index in [-0.39, 0.29) is 42.6 Å². The second-order valence-corrected chi connectivity index (χ2v) is 9.96. The summed E-state index contributed by atoms with van der Waals surface area (Å²) in [7, 11) is 1.77. The van der Waals surface area contributed by atoms with Crippen LogP contribution in [0.4, 0.5) is 5.69 Å². The number of morpholine rings is 1. The topological polar surface area (TPSA) is 97.4 Å². The zero-order chi connectivity index (χ0) is 24.4. The van der Waals surface area contributed by atoms with Crippen LogP contribution in [0.25, 0.3) is 0 Å². The van der Waals surface area contributed by atoms with Gasteiger partial charge < -0.3 is 29.3 Å². The fraction of sp³-hybridized carbons (Fsp3) is 0.480. The molecule has 35 heavy (non-hydrogen) atoms. The van der Waals surface area contributed by atoms with Crippen molar-refractivity contribution in [3.05, 3.63) is 46.2 Å². The highest BCUT2D eigenvalue weighted by atomic mass is 32.1. The Morgan fingerprint density at radius 3 is 2.77 bits per heavy atom. The summed E-state index contributed by atoms with van der Waals surface area (Å²) in [5.74, 6) is 0.124. The minimum atomic E-state index is -0.327. The first-order chi connectivity index (χ1) is 17.0. The van der Waals surface area contributed by atoms with Crippen LogP contribution in [-0.4, -0.2) is 85.7 Å². The van der Waals surface area contributed by atoms with E-state index in [1.54, 1.807) is 36.2 Å². The molecule has 2 fully saturated rings. The molecule has 4 heterocycles. The van der Waals surface area contributed by atoms with Crippen molar-refractivity contribution in [2.24, 2.45) is 0 Å². The van der Waals surface area contributed by atoms with Gasteiger partial charge in [-0.1, -0.05) is 6.07 Å². The van der Waals surface area contributed by atoms with Crippen LogP contribution in [0.1, 0.15) is 39.3 Å². The number of ether oxygens (including phenoxy) is 3. The maximum absolute atomic E-state index is 13.4. The lowest BCUT2D eigenvalue weighted by molar-refractivity contribution is -0.146. The van der Waals surface area contributed by atoms with E-state index >= 15 is 0 Å². The second kappa shape index (κ2) is 10.3. The molecule has 0 radical (unpaired) electrons. The molecule has 0 spiro atoms. The third-order valence-corrected chi connectivity index (χ3v) is 7.65. The van der Waals surface area contributed by atoms with Crippen LogP contribution >= 0.6 is 11.3 Å². The highest BCUT2D eigenvalue weighted by Crippen LogP contribution is 2.33. The smallest absolute Gasteiger partial charge is 0.265 e. The van der Waals surface area contributed by atoms with Gasteiger partial charge in [0.2, 0.25) is 5.91 Å². The Kier molecular flexibility index (Phi) is 7.03. The summed E-state index contributed by atoms with van der Waals surface area (Å²) in [6, 6.07) is 8.50. The van der Waals surface area contributed by atoms with Crippen molar-refractivity contribution in [3.63, 3.8) is 0 Å². The van der Waals surface area contributed by atoms with E-state index in [2.05, 4.69) is 5.32 Å². The van der Waals surface area contributed by atoms with Gasteiger partial charge in [-0.3, -0.25) is 14.4 Å². The van der Waals surface area contributed by atoms with Crippen molar-refractivity contribution >= 4 is 34.7 Å². The van der Waals surface area contributed by atoms with Crippen molar-refractivity contribution in [3.8, 4) is 5.75 Å². The first kappa shape index (κ1) is 23.8. The van der Waals surface area contributed by atoms with Crippen LogP contribution in [0.2, 0.25) is 0 Å². The minimum absolute atomic E-state index is 0.0791. The zero-order valence-electron chi connectivity index (χ0n) is 19.6. The molecule has 5 rings (SSSR count). The summed E-state index contributed by atoms with van der Waals surface area (Å²) in [5, 5.41) is 4.69. The second-order valence-electron chi connectivity index (χ2n) is 9.01. The molecule has 3 aliphatic rings. The molecule has 9 nitrogen and oxygen atoms in total. The van der Waals surface area contributed by atoms with Gasteiger partial charge in [-0.2, -0.15) is 0 Å². The molecule has 1 N–H and O–H groups in total. The normalized spacial score (nSPS) is 24.5. The number of hydrogen-bond donors (Lipinski definition) is 1. The number of rotatable bonds is 4. The van der Waals surface area contributed by atoms with Gasteiger partial charge in [0, 0.05) is 25.8 Å². The molecular formula is C25H29N3O6S. The van der Waals surface area contributed by atoms with Gasteiger partial charge in [0.25, 0.3) is 11.8 Å². The molecule has 0 saturated carbocycles. The minimum Gasteiger partial charge on any atom is -0.490 e. The number of likely N-dealkylation sites (N-methyl/N-ethyl adjacent to an activating group) is 1. The average Bonchev–Trinajstić information content (AvgIpc) is 3.42. The van der Waals surface area contributed by atoms with Gasteiger partial charge in [-0.25, -0.2) is 0 Å². The van der Waals surface area contributed by atoms with Crippen molar-refractivity contribution in [1.82, 2.24) is 9.80 Å². The molecule has 0 bridgehead atoms. The fourth-order valence-corrected chi connectivity index (χ4v) is 5.46. The number of carbonyl (C=O) groups is 3. The lowest BCUT2D eigenvalue weighted by Crippen LogP contribution is -2.54. The van der Waals surface area contributed by atoms with Crippen LogP contribution in [0.5, 0.6) is 5.75 Å². The largest absolute Gasteiger partial charge is 0.490 e. The van der Waals surface area contributed by atoms with Gasteiger partial charge in [0.1, 0.15) is 18.5 Å². The number of fused-ring (bicyclic) bond motifs is 2. The molecule has 3 amide bonds. The monoisotopic (exact) mass is 499 g/mol. The molecule has 1 aromatic heterocycles. The first-order valence-electron chi connectivity index (χ1n) is 11.9. The van der Waals surface area contributed by atoms with Gasteiger partial charge in [0.15, 0.2) is 0 Å². The summed E-state index contributed by atoms with van der Waals surface area (Å²) in [4.78, 5) is 42.6. The van der Waals surface area contributed by atoms with Gasteiger partial charge in [0.05, 0.1) is 42.2 Å². The summed E-state index contributed by atoms with van der Waals surface area (Å²) in [6.07, 6.45) is 1.21. The van der Waals surface area contributed by atoms with Crippen molar-refractivity contribution in [2.75, 3.05) is 45.3 Å². The molecule has 2 aromatic rings. The quantitative estimate of drug-likeness (QED) is 0.695. The van der Waals surface area contributed by atoms with Crippen molar-refractivity contribution in [1.29, 1.82) is 0 Å². The van der Waals surface area contributed by atoms with E-state index < -0.39 is 0 Å². The molecule has 3 atom stereocenters. The Hall–Kier alpha value is -2.95. The zero-order valence-corrected chi connectivity index (χ0v) is 20.4. The Morgan fingerprint density at radius 1 is 1.17 bits per heavy atom. The third kappa shape index (κ3) is 5.19. The number of benzene rings is 1. The SMILES string of the molecule is CN1C(=O)c2cc(NC(=O)c3cccs3)ccc2OC[C@H]2O[C@H](CC(=O)N3CCOCC3)CC[C@H]21. The molecule has 10 heteroatoms. The van der Waals surface area contributed by atoms with Gasteiger partial charge in [-0.05, 0) is 42.5 Å². The lowest BCUT2D eigenvalue weighted by atomic mass is 9.94. The summed E-state index contributed by atoms with van der Waals surface area (Å²) in [5.41, 5.74) is 0.936. The lowest BCUT2D eigenvalue weighted by Gasteiger charge is -2.42. The van der Waals surface area contributed by atoms with Crippen LogP contribution in [0.15, 0.2) is 35.7 Å². The highest BCUT2D eigenvalue weighted by molar-refractivity contribution is 7.12. The van der Waals surface area contributed by atoms with E-state index in [0.29, 0.717) is 61.0 Å². The molecular weight excluding hydrogens is 470 g/mol. The Balaban J connectivity index is 1.27. The number of amides is 3. The Bertz CT molecular complexity index is 1080. The molecule has 3 aliphatic heterocycles. The number of nitrogens with one attached hydrogen (secondary N) is 1.